The monoisotopic (exact) mass is 270 g/mol. The zero-order chi connectivity index (χ0) is 11.4. The number of aliphatic hydroxyl groups is 1. The van der Waals surface area contributed by atoms with Gasteiger partial charge in [-0.3, -0.25) is 0 Å². The second-order valence-electron chi connectivity index (χ2n) is 3.63. The Balaban J connectivity index is 3.08. The lowest BCUT2D eigenvalue weighted by Gasteiger charge is -2.15. The molecule has 0 amide bonds. The Morgan fingerprint density at radius 2 is 2.20 bits per heavy atom. The van der Waals surface area contributed by atoms with Crippen molar-refractivity contribution in [3.05, 3.63) is 28.2 Å². The SMILES string of the molecule is CC(C)Nc1ccc(Br)cc1C(=N)CO. The van der Waals surface area contributed by atoms with Crippen LogP contribution in [0.15, 0.2) is 22.7 Å². The molecule has 15 heavy (non-hydrogen) atoms. The fourth-order valence-electron chi connectivity index (χ4n) is 1.29. The maximum atomic E-state index is 8.97. The minimum Gasteiger partial charge on any atom is -0.390 e. The summed E-state index contributed by atoms with van der Waals surface area (Å²) in [6, 6.07) is 5.96. The van der Waals surface area contributed by atoms with Crippen molar-refractivity contribution in [2.24, 2.45) is 0 Å². The molecule has 3 N–H and O–H groups in total. The highest BCUT2D eigenvalue weighted by molar-refractivity contribution is 9.10. The quantitative estimate of drug-likeness (QED) is 0.737. The van der Waals surface area contributed by atoms with Gasteiger partial charge in [0.1, 0.15) is 0 Å². The standard InChI is InChI=1S/C11H15BrN2O/c1-7(2)14-11-4-3-8(12)5-9(11)10(13)6-15/h3-5,7,13-15H,6H2,1-2H3. The Kier molecular flexibility index (Phi) is 4.29. The molecule has 0 saturated heterocycles. The van der Waals surface area contributed by atoms with E-state index in [4.69, 9.17) is 10.5 Å². The van der Waals surface area contributed by atoms with E-state index >= 15 is 0 Å². The highest BCUT2D eigenvalue weighted by Crippen LogP contribution is 2.22. The number of hydrogen-bond acceptors (Lipinski definition) is 3. The van der Waals surface area contributed by atoms with Gasteiger partial charge in [-0.15, -0.1) is 0 Å². The molecule has 1 aromatic carbocycles. The number of benzene rings is 1. The van der Waals surface area contributed by atoms with Crippen LogP contribution in [-0.4, -0.2) is 23.5 Å². The van der Waals surface area contributed by atoms with Crippen LogP contribution >= 0.6 is 15.9 Å². The van der Waals surface area contributed by atoms with Gasteiger partial charge in [0.15, 0.2) is 0 Å². The summed E-state index contributed by atoms with van der Waals surface area (Å²) < 4.78 is 0.907. The molecule has 1 aromatic rings. The summed E-state index contributed by atoms with van der Waals surface area (Å²) in [6.45, 7) is 3.83. The summed E-state index contributed by atoms with van der Waals surface area (Å²) in [7, 11) is 0. The average Bonchev–Trinajstić information content (AvgIpc) is 2.19. The molecule has 0 aliphatic heterocycles. The molecule has 0 atom stereocenters. The molecule has 0 aliphatic carbocycles. The molecule has 0 fully saturated rings. The molecule has 0 radical (unpaired) electrons. The van der Waals surface area contributed by atoms with Crippen LogP contribution in [0.4, 0.5) is 5.69 Å². The molecule has 0 spiro atoms. The Bertz CT molecular complexity index is 364. The number of anilines is 1. The summed E-state index contributed by atoms with van der Waals surface area (Å²) in [5.74, 6) is 0. The van der Waals surface area contributed by atoms with Crippen LogP contribution in [0.1, 0.15) is 19.4 Å². The topological polar surface area (TPSA) is 56.1 Å². The number of halogens is 1. The summed E-state index contributed by atoms with van der Waals surface area (Å²) in [4.78, 5) is 0. The summed E-state index contributed by atoms with van der Waals surface area (Å²) >= 11 is 3.35. The van der Waals surface area contributed by atoms with Gasteiger partial charge in [0.25, 0.3) is 0 Å². The first-order chi connectivity index (χ1) is 7.04. The van der Waals surface area contributed by atoms with Gasteiger partial charge in [0, 0.05) is 21.8 Å². The van der Waals surface area contributed by atoms with Crippen LogP contribution in [0.5, 0.6) is 0 Å². The minimum absolute atomic E-state index is 0.222. The Hall–Kier alpha value is -0.870. The van der Waals surface area contributed by atoms with Crippen molar-refractivity contribution in [1.82, 2.24) is 0 Å². The van der Waals surface area contributed by atoms with Gasteiger partial charge in [0.05, 0.1) is 12.3 Å². The maximum Gasteiger partial charge on any atom is 0.0852 e. The van der Waals surface area contributed by atoms with Gasteiger partial charge in [-0.25, -0.2) is 0 Å². The fraction of sp³-hybridized carbons (Fsp3) is 0.364. The molecule has 1 rings (SSSR count). The average molecular weight is 271 g/mol. The van der Waals surface area contributed by atoms with Gasteiger partial charge in [0.2, 0.25) is 0 Å². The van der Waals surface area contributed by atoms with Crippen LogP contribution in [0.2, 0.25) is 0 Å². The van der Waals surface area contributed by atoms with Crippen molar-refractivity contribution in [2.45, 2.75) is 19.9 Å². The molecule has 0 saturated carbocycles. The molecule has 0 unspecified atom stereocenters. The zero-order valence-corrected chi connectivity index (χ0v) is 10.4. The van der Waals surface area contributed by atoms with E-state index in [-0.39, 0.29) is 12.3 Å². The van der Waals surface area contributed by atoms with Crippen molar-refractivity contribution in [1.29, 1.82) is 5.41 Å². The largest absolute Gasteiger partial charge is 0.390 e. The second-order valence-corrected chi connectivity index (χ2v) is 4.54. The lowest BCUT2D eigenvalue weighted by Crippen LogP contribution is -2.15. The van der Waals surface area contributed by atoms with Gasteiger partial charge in [-0.1, -0.05) is 15.9 Å². The third-order valence-electron chi connectivity index (χ3n) is 1.91. The maximum absolute atomic E-state index is 8.97. The zero-order valence-electron chi connectivity index (χ0n) is 8.84. The van der Waals surface area contributed by atoms with Gasteiger partial charge < -0.3 is 15.8 Å². The Labute approximate surface area is 98.2 Å². The lowest BCUT2D eigenvalue weighted by atomic mass is 10.1. The van der Waals surface area contributed by atoms with E-state index in [1.807, 2.05) is 32.0 Å². The van der Waals surface area contributed by atoms with E-state index in [2.05, 4.69) is 21.2 Å². The number of aliphatic hydroxyl groups excluding tert-OH is 1. The molecule has 82 valence electrons. The smallest absolute Gasteiger partial charge is 0.0852 e. The summed E-state index contributed by atoms with van der Waals surface area (Å²) in [5.41, 5.74) is 1.84. The number of rotatable bonds is 4. The third-order valence-corrected chi connectivity index (χ3v) is 2.40. The molecule has 0 bridgehead atoms. The lowest BCUT2D eigenvalue weighted by molar-refractivity contribution is 0.357. The predicted molar refractivity (Wildman–Crippen MR) is 66.8 cm³/mol. The van der Waals surface area contributed by atoms with Gasteiger partial charge in [-0.2, -0.15) is 0 Å². The number of hydrogen-bond donors (Lipinski definition) is 3. The van der Waals surface area contributed by atoms with Crippen molar-refractivity contribution in [3.63, 3.8) is 0 Å². The molecule has 0 aromatic heterocycles. The van der Waals surface area contributed by atoms with Crippen molar-refractivity contribution in [3.8, 4) is 0 Å². The van der Waals surface area contributed by atoms with E-state index in [1.54, 1.807) is 0 Å². The molecular formula is C11H15BrN2O. The van der Waals surface area contributed by atoms with Crippen molar-refractivity contribution in [2.75, 3.05) is 11.9 Å². The molecule has 4 heteroatoms. The first-order valence-electron chi connectivity index (χ1n) is 4.79. The van der Waals surface area contributed by atoms with Crippen molar-refractivity contribution >= 4 is 27.3 Å². The van der Waals surface area contributed by atoms with Crippen LogP contribution in [-0.2, 0) is 0 Å². The molecule has 3 nitrogen and oxygen atoms in total. The second kappa shape index (κ2) is 5.28. The normalized spacial score (nSPS) is 10.5. The van der Waals surface area contributed by atoms with Crippen LogP contribution in [0.25, 0.3) is 0 Å². The molecule has 0 heterocycles. The highest BCUT2D eigenvalue weighted by Gasteiger charge is 2.08. The highest BCUT2D eigenvalue weighted by atomic mass is 79.9. The predicted octanol–water partition coefficient (Wildman–Crippen LogP) is 2.63. The summed E-state index contributed by atoms with van der Waals surface area (Å²) in [6.07, 6.45) is 0. The first kappa shape index (κ1) is 12.2. The van der Waals surface area contributed by atoms with Crippen LogP contribution in [0.3, 0.4) is 0 Å². The number of nitrogens with one attached hydrogen (secondary N) is 2. The Morgan fingerprint density at radius 3 is 2.73 bits per heavy atom. The fourth-order valence-corrected chi connectivity index (χ4v) is 1.65. The Morgan fingerprint density at radius 1 is 1.53 bits per heavy atom. The van der Waals surface area contributed by atoms with E-state index in [0.717, 1.165) is 15.7 Å². The summed E-state index contributed by atoms with van der Waals surface area (Å²) in [5, 5.41) is 19.9. The third kappa shape index (κ3) is 3.32. The van der Waals surface area contributed by atoms with Gasteiger partial charge in [-0.05, 0) is 32.0 Å². The molecule has 0 aliphatic rings. The minimum atomic E-state index is -0.247. The van der Waals surface area contributed by atoms with Gasteiger partial charge >= 0.3 is 0 Å². The molecular weight excluding hydrogens is 256 g/mol. The van der Waals surface area contributed by atoms with E-state index in [1.165, 1.54) is 0 Å². The van der Waals surface area contributed by atoms with E-state index in [0.29, 0.717) is 6.04 Å². The van der Waals surface area contributed by atoms with Crippen molar-refractivity contribution < 1.29 is 5.11 Å². The van der Waals surface area contributed by atoms with Crippen LogP contribution < -0.4 is 5.32 Å². The van der Waals surface area contributed by atoms with E-state index < -0.39 is 0 Å². The first-order valence-corrected chi connectivity index (χ1v) is 5.58. The van der Waals surface area contributed by atoms with Crippen LogP contribution in [0, 0.1) is 5.41 Å². The van der Waals surface area contributed by atoms with E-state index in [9.17, 15) is 0 Å².